The zero-order chi connectivity index (χ0) is 10.1. The first-order valence-corrected chi connectivity index (χ1v) is 5.30. The molecule has 1 aliphatic heterocycles. The number of carbonyl (C=O) groups excluding carboxylic acids is 1. The second-order valence-electron chi connectivity index (χ2n) is 3.43. The van der Waals surface area contributed by atoms with Crippen LogP contribution in [0.5, 0.6) is 0 Å². The zero-order valence-electron chi connectivity index (χ0n) is 7.59. The molecule has 0 bridgehead atoms. The van der Waals surface area contributed by atoms with Crippen molar-refractivity contribution in [3.05, 3.63) is 28.2 Å². The summed E-state index contributed by atoms with van der Waals surface area (Å²) in [6.07, 6.45) is 1.43. The molecular weight excluding hydrogens is 244 g/mol. The van der Waals surface area contributed by atoms with Crippen molar-refractivity contribution < 1.29 is 4.79 Å². The number of hydrogen-bond donors (Lipinski definition) is 2. The van der Waals surface area contributed by atoms with Crippen LogP contribution in [0.3, 0.4) is 0 Å². The molecule has 1 amide bonds. The Balaban J connectivity index is 2.31. The first-order valence-electron chi connectivity index (χ1n) is 4.51. The highest BCUT2D eigenvalue weighted by molar-refractivity contribution is 9.10. The lowest BCUT2D eigenvalue weighted by atomic mass is 10.0. The van der Waals surface area contributed by atoms with Gasteiger partial charge in [-0.05, 0) is 30.2 Å². The third-order valence-corrected chi connectivity index (χ3v) is 2.91. The average molecular weight is 255 g/mol. The topological polar surface area (TPSA) is 55.1 Å². The number of benzene rings is 1. The Morgan fingerprint density at radius 1 is 1.50 bits per heavy atom. The number of hydrogen-bond acceptors (Lipinski definition) is 2. The van der Waals surface area contributed by atoms with Gasteiger partial charge in [0.1, 0.15) is 0 Å². The normalized spacial score (nSPS) is 20.9. The Morgan fingerprint density at radius 3 is 2.93 bits per heavy atom. The van der Waals surface area contributed by atoms with E-state index in [4.69, 9.17) is 5.73 Å². The molecular formula is C10H11BrN2O. The average Bonchev–Trinajstić information content (AvgIpc) is 2.56. The van der Waals surface area contributed by atoms with Crippen LogP contribution in [0.2, 0.25) is 0 Å². The van der Waals surface area contributed by atoms with Crippen LogP contribution in [-0.2, 0) is 4.79 Å². The lowest BCUT2D eigenvalue weighted by Crippen LogP contribution is -2.19. The van der Waals surface area contributed by atoms with Crippen LogP contribution >= 0.6 is 15.9 Å². The molecule has 3 nitrogen and oxygen atoms in total. The highest BCUT2D eigenvalue weighted by Crippen LogP contribution is 2.30. The van der Waals surface area contributed by atoms with Gasteiger partial charge in [-0.25, -0.2) is 0 Å². The van der Waals surface area contributed by atoms with E-state index in [0.717, 1.165) is 22.1 Å². The lowest BCUT2D eigenvalue weighted by molar-refractivity contribution is -0.119. The molecule has 1 atom stereocenters. The molecule has 1 fully saturated rings. The van der Waals surface area contributed by atoms with Gasteiger partial charge in [-0.3, -0.25) is 4.79 Å². The van der Waals surface area contributed by atoms with Crippen LogP contribution in [0.25, 0.3) is 0 Å². The summed E-state index contributed by atoms with van der Waals surface area (Å²) in [5.41, 5.74) is 7.58. The summed E-state index contributed by atoms with van der Waals surface area (Å²) in [6, 6.07) is 5.80. The number of nitrogen functional groups attached to an aromatic ring is 1. The molecule has 0 aromatic heterocycles. The summed E-state index contributed by atoms with van der Waals surface area (Å²) in [5, 5.41) is 2.90. The van der Waals surface area contributed by atoms with Gasteiger partial charge in [0.15, 0.2) is 0 Å². The fourth-order valence-corrected chi connectivity index (χ4v) is 2.07. The predicted molar refractivity (Wildman–Crippen MR) is 58.7 cm³/mol. The van der Waals surface area contributed by atoms with E-state index in [1.54, 1.807) is 0 Å². The highest BCUT2D eigenvalue weighted by Gasteiger charge is 2.23. The van der Waals surface area contributed by atoms with Crippen LogP contribution in [0.4, 0.5) is 5.69 Å². The van der Waals surface area contributed by atoms with E-state index >= 15 is 0 Å². The molecule has 3 N–H and O–H groups in total. The Morgan fingerprint density at radius 2 is 2.29 bits per heavy atom. The van der Waals surface area contributed by atoms with Crippen molar-refractivity contribution in [2.24, 2.45) is 0 Å². The van der Waals surface area contributed by atoms with Crippen molar-refractivity contribution in [1.29, 1.82) is 0 Å². The van der Waals surface area contributed by atoms with Crippen molar-refractivity contribution in [3.8, 4) is 0 Å². The molecule has 0 unspecified atom stereocenters. The number of amides is 1. The van der Waals surface area contributed by atoms with Gasteiger partial charge in [-0.2, -0.15) is 0 Å². The third kappa shape index (κ3) is 1.75. The van der Waals surface area contributed by atoms with Gasteiger partial charge in [0.05, 0.1) is 6.04 Å². The van der Waals surface area contributed by atoms with Crippen LogP contribution in [-0.4, -0.2) is 5.91 Å². The minimum atomic E-state index is 0.0833. The molecule has 1 heterocycles. The Hall–Kier alpha value is -1.03. The van der Waals surface area contributed by atoms with E-state index in [9.17, 15) is 4.79 Å². The van der Waals surface area contributed by atoms with Crippen LogP contribution in [0.1, 0.15) is 24.4 Å². The van der Waals surface area contributed by atoms with E-state index in [1.165, 1.54) is 0 Å². The van der Waals surface area contributed by atoms with E-state index in [0.29, 0.717) is 6.42 Å². The number of nitrogens with one attached hydrogen (secondary N) is 1. The SMILES string of the molecule is Nc1ccc(Br)cc1[C@H]1CCC(=O)N1. The van der Waals surface area contributed by atoms with Crippen LogP contribution in [0, 0.1) is 0 Å². The van der Waals surface area contributed by atoms with Gasteiger partial charge in [-0.15, -0.1) is 0 Å². The molecule has 0 saturated carbocycles. The summed E-state index contributed by atoms with van der Waals surface area (Å²) < 4.78 is 0.989. The lowest BCUT2D eigenvalue weighted by Gasteiger charge is -2.13. The van der Waals surface area contributed by atoms with Crippen molar-refractivity contribution in [2.45, 2.75) is 18.9 Å². The molecule has 2 rings (SSSR count). The molecule has 0 radical (unpaired) electrons. The minimum absolute atomic E-state index is 0.0833. The van der Waals surface area contributed by atoms with Gasteiger partial charge >= 0.3 is 0 Å². The third-order valence-electron chi connectivity index (χ3n) is 2.42. The Bertz CT molecular complexity index is 378. The molecule has 1 aromatic carbocycles. The molecule has 1 aliphatic rings. The van der Waals surface area contributed by atoms with Crippen molar-refractivity contribution in [3.63, 3.8) is 0 Å². The predicted octanol–water partition coefficient (Wildman–Crippen LogP) is 1.98. The smallest absolute Gasteiger partial charge is 0.220 e. The van der Waals surface area contributed by atoms with Gasteiger partial charge in [0.2, 0.25) is 5.91 Å². The van der Waals surface area contributed by atoms with Crippen molar-refractivity contribution >= 4 is 27.5 Å². The zero-order valence-corrected chi connectivity index (χ0v) is 9.17. The Kier molecular flexibility index (Phi) is 2.46. The van der Waals surface area contributed by atoms with Crippen LogP contribution in [0.15, 0.2) is 22.7 Å². The first-order chi connectivity index (χ1) is 6.66. The summed E-state index contributed by atoms with van der Waals surface area (Å²) >= 11 is 3.39. The summed E-state index contributed by atoms with van der Waals surface area (Å²) in [4.78, 5) is 11.1. The van der Waals surface area contributed by atoms with E-state index in [2.05, 4.69) is 21.2 Å². The number of rotatable bonds is 1. The fourth-order valence-electron chi connectivity index (χ4n) is 1.69. The van der Waals surface area contributed by atoms with Gasteiger partial charge < -0.3 is 11.1 Å². The fraction of sp³-hybridized carbons (Fsp3) is 0.300. The van der Waals surface area contributed by atoms with Gasteiger partial charge in [0, 0.05) is 16.6 Å². The maximum absolute atomic E-state index is 11.1. The highest BCUT2D eigenvalue weighted by atomic mass is 79.9. The number of nitrogens with two attached hydrogens (primary N) is 1. The van der Waals surface area contributed by atoms with Gasteiger partial charge in [-0.1, -0.05) is 15.9 Å². The number of carbonyl (C=O) groups is 1. The molecule has 1 saturated heterocycles. The van der Waals surface area contributed by atoms with Crippen molar-refractivity contribution in [1.82, 2.24) is 5.32 Å². The van der Waals surface area contributed by atoms with E-state index in [1.807, 2.05) is 18.2 Å². The molecule has 74 valence electrons. The summed E-state index contributed by atoms with van der Waals surface area (Å²) in [6.45, 7) is 0. The van der Waals surface area contributed by atoms with E-state index < -0.39 is 0 Å². The monoisotopic (exact) mass is 254 g/mol. The van der Waals surface area contributed by atoms with Crippen LogP contribution < -0.4 is 11.1 Å². The molecule has 1 aromatic rings. The van der Waals surface area contributed by atoms with Gasteiger partial charge in [0.25, 0.3) is 0 Å². The molecule has 4 heteroatoms. The second kappa shape index (κ2) is 3.61. The largest absolute Gasteiger partial charge is 0.398 e. The quantitative estimate of drug-likeness (QED) is 0.754. The summed E-state index contributed by atoms with van der Waals surface area (Å²) in [7, 11) is 0. The second-order valence-corrected chi connectivity index (χ2v) is 4.35. The molecule has 0 spiro atoms. The standard InChI is InChI=1S/C10H11BrN2O/c11-6-1-2-8(12)7(5-6)9-3-4-10(14)13-9/h1-2,5,9H,3-4,12H2,(H,13,14)/t9-/m1/s1. The number of anilines is 1. The molecule has 14 heavy (non-hydrogen) atoms. The minimum Gasteiger partial charge on any atom is -0.398 e. The van der Waals surface area contributed by atoms with E-state index in [-0.39, 0.29) is 11.9 Å². The maximum atomic E-state index is 11.1. The maximum Gasteiger partial charge on any atom is 0.220 e. The first kappa shape index (κ1) is 9.52. The number of halogens is 1. The molecule has 0 aliphatic carbocycles. The Labute approximate surface area is 90.8 Å². The van der Waals surface area contributed by atoms with Crippen molar-refractivity contribution in [2.75, 3.05) is 5.73 Å². The summed E-state index contributed by atoms with van der Waals surface area (Å²) in [5.74, 6) is 0.106.